The molecule has 0 aliphatic rings. The van der Waals surface area contributed by atoms with Crippen LogP contribution in [-0.2, 0) is 9.53 Å². The molecule has 3 heteroatoms. The summed E-state index contributed by atoms with van der Waals surface area (Å²) < 4.78 is 4.96. The van der Waals surface area contributed by atoms with Crippen LogP contribution in [0.4, 0.5) is 0 Å². The van der Waals surface area contributed by atoms with Crippen molar-refractivity contribution in [1.29, 1.82) is 0 Å². The van der Waals surface area contributed by atoms with Crippen molar-refractivity contribution < 1.29 is 14.6 Å². The van der Waals surface area contributed by atoms with Gasteiger partial charge in [0.2, 0.25) is 0 Å². The molecule has 0 aliphatic carbocycles. The molecule has 0 aromatic rings. The lowest BCUT2D eigenvalue weighted by Gasteiger charge is -2.06. The summed E-state index contributed by atoms with van der Waals surface area (Å²) in [6.07, 6.45) is 1.98. The Morgan fingerprint density at radius 3 is 2.80 bits per heavy atom. The number of carbonyl (C=O) groups excluding carboxylic acids is 1. The Hall–Kier alpha value is -0.410. The molecule has 0 spiro atoms. The average molecular weight is 146 g/mol. The van der Waals surface area contributed by atoms with Gasteiger partial charge in [0.1, 0.15) is 6.10 Å². The maximum Gasteiger partial charge on any atom is 0.151 e. The number of aliphatic hydroxyl groups excluding tert-OH is 1. The highest BCUT2D eigenvalue weighted by atomic mass is 16.5. The molecule has 1 N–H and O–H groups in total. The van der Waals surface area contributed by atoms with E-state index in [1.54, 1.807) is 0 Å². The first kappa shape index (κ1) is 9.59. The predicted molar refractivity (Wildman–Crippen MR) is 37.8 cm³/mol. The first-order valence-electron chi connectivity index (χ1n) is 3.52. The predicted octanol–water partition coefficient (Wildman–Crippen LogP) is 0.363. The number of hydrogen-bond donors (Lipinski definition) is 1. The number of ether oxygens (including phenoxy) is 1. The summed E-state index contributed by atoms with van der Waals surface area (Å²) in [5.41, 5.74) is 0. The van der Waals surface area contributed by atoms with Crippen molar-refractivity contribution >= 4 is 6.29 Å². The van der Waals surface area contributed by atoms with Crippen molar-refractivity contribution in [2.24, 2.45) is 0 Å². The number of aldehydes is 1. The highest BCUT2D eigenvalue weighted by Crippen LogP contribution is 1.91. The highest BCUT2D eigenvalue weighted by Gasteiger charge is 2.02. The fourth-order valence-electron chi connectivity index (χ4n) is 0.514. The Labute approximate surface area is 61.0 Å². The van der Waals surface area contributed by atoms with Crippen molar-refractivity contribution in [3.63, 3.8) is 0 Å². The summed E-state index contributed by atoms with van der Waals surface area (Å²) in [4.78, 5) is 10.0. The number of aliphatic hydroxyl groups is 1. The Morgan fingerprint density at radius 2 is 2.40 bits per heavy atom. The summed E-state index contributed by atoms with van der Waals surface area (Å²) in [6.45, 7) is 2.38. The van der Waals surface area contributed by atoms with E-state index in [9.17, 15) is 4.79 Å². The van der Waals surface area contributed by atoms with Crippen LogP contribution in [0.15, 0.2) is 0 Å². The summed E-state index contributed by atoms with van der Waals surface area (Å²) >= 11 is 0. The van der Waals surface area contributed by atoms with Crippen LogP contribution in [0.1, 0.15) is 19.8 Å². The minimum Gasteiger partial charge on any atom is -0.393 e. The van der Waals surface area contributed by atoms with E-state index >= 15 is 0 Å². The van der Waals surface area contributed by atoms with Crippen molar-refractivity contribution in [1.82, 2.24) is 0 Å². The molecule has 0 rings (SSSR count). The van der Waals surface area contributed by atoms with E-state index in [4.69, 9.17) is 9.84 Å². The zero-order valence-electron chi connectivity index (χ0n) is 6.25. The lowest BCUT2D eigenvalue weighted by Crippen LogP contribution is -2.19. The fraction of sp³-hybridized carbons (Fsp3) is 0.857. The molecular weight excluding hydrogens is 132 g/mol. The van der Waals surface area contributed by atoms with Crippen LogP contribution in [0.25, 0.3) is 0 Å². The van der Waals surface area contributed by atoms with Crippen molar-refractivity contribution in [2.45, 2.75) is 25.9 Å². The van der Waals surface area contributed by atoms with Gasteiger partial charge < -0.3 is 14.6 Å². The first-order chi connectivity index (χ1) is 4.85. The van der Waals surface area contributed by atoms with E-state index in [1.807, 2.05) is 6.92 Å². The Bertz CT molecular complexity index is 82.9. The average Bonchev–Trinajstić information content (AvgIpc) is 1.99. The van der Waals surface area contributed by atoms with Gasteiger partial charge in [0.05, 0.1) is 6.61 Å². The van der Waals surface area contributed by atoms with Gasteiger partial charge in [0.15, 0.2) is 6.29 Å². The smallest absolute Gasteiger partial charge is 0.151 e. The molecule has 0 aromatic carbocycles. The molecule has 0 unspecified atom stereocenters. The second kappa shape index (κ2) is 6.71. The molecule has 0 aromatic heterocycles. The maximum absolute atomic E-state index is 10.0. The summed E-state index contributed by atoms with van der Waals surface area (Å²) in [5, 5.41) is 8.47. The highest BCUT2D eigenvalue weighted by molar-refractivity contribution is 5.55. The van der Waals surface area contributed by atoms with Crippen LogP contribution >= 0.6 is 0 Å². The molecular formula is C7H14O3. The van der Waals surface area contributed by atoms with E-state index in [0.29, 0.717) is 12.9 Å². The van der Waals surface area contributed by atoms with Crippen LogP contribution in [0.3, 0.4) is 0 Å². The quantitative estimate of drug-likeness (QED) is 0.435. The maximum atomic E-state index is 10.0. The zero-order chi connectivity index (χ0) is 7.82. The van der Waals surface area contributed by atoms with Gasteiger partial charge in [-0.15, -0.1) is 0 Å². The molecule has 3 nitrogen and oxygen atoms in total. The standard InChI is InChI=1S/C7H14O3/c1-2-3-4-10-7(5-8)6-9/h5,7,9H,2-4,6H2,1H3/t7-/m0/s1. The topological polar surface area (TPSA) is 46.5 Å². The zero-order valence-corrected chi connectivity index (χ0v) is 6.25. The van der Waals surface area contributed by atoms with E-state index in [1.165, 1.54) is 0 Å². The molecule has 60 valence electrons. The van der Waals surface area contributed by atoms with E-state index in [2.05, 4.69) is 0 Å². The van der Waals surface area contributed by atoms with Gasteiger partial charge in [-0.2, -0.15) is 0 Å². The summed E-state index contributed by atoms with van der Waals surface area (Å²) in [5.74, 6) is 0. The molecule has 0 amide bonds. The summed E-state index contributed by atoms with van der Waals surface area (Å²) in [6, 6.07) is 0. The third-order valence-corrected chi connectivity index (χ3v) is 1.16. The molecule has 0 aliphatic heterocycles. The van der Waals surface area contributed by atoms with Crippen molar-refractivity contribution in [3.05, 3.63) is 0 Å². The van der Waals surface area contributed by atoms with Crippen LogP contribution in [0, 0.1) is 0 Å². The lowest BCUT2D eigenvalue weighted by molar-refractivity contribution is -0.120. The van der Waals surface area contributed by atoms with E-state index in [0.717, 1.165) is 12.8 Å². The largest absolute Gasteiger partial charge is 0.393 e. The number of carbonyl (C=O) groups is 1. The Morgan fingerprint density at radius 1 is 1.70 bits per heavy atom. The molecule has 0 fully saturated rings. The molecule has 0 saturated carbocycles. The monoisotopic (exact) mass is 146 g/mol. The van der Waals surface area contributed by atoms with Crippen LogP contribution in [0.2, 0.25) is 0 Å². The minimum absolute atomic E-state index is 0.215. The molecule has 0 saturated heterocycles. The third-order valence-electron chi connectivity index (χ3n) is 1.16. The normalized spacial score (nSPS) is 13.0. The Kier molecular flexibility index (Phi) is 6.43. The third kappa shape index (κ3) is 4.47. The van der Waals surface area contributed by atoms with Gasteiger partial charge in [0, 0.05) is 6.61 Å². The fourth-order valence-corrected chi connectivity index (χ4v) is 0.514. The Balaban J connectivity index is 3.17. The first-order valence-corrected chi connectivity index (χ1v) is 3.52. The molecule has 0 heterocycles. The lowest BCUT2D eigenvalue weighted by atomic mass is 10.3. The van der Waals surface area contributed by atoms with E-state index < -0.39 is 6.10 Å². The van der Waals surface area contributed by atoms with Crippen molar-refractivity contribution in [2.75, 3.05) is 13.2 Å². The number of hydrogen-bond acceptors (Lipinski definition) is 3. The molecule has 0 radical (unpaired) electrons. The van der Waals surface area contributed by atoms with Gasteiger partial charge in [-0.1, -0.05) is 13.3 Å². The van der Waals surface area contributed by atoms with Crippen LogP contribution in [-0.4, -0.2) is 30.7 Å². The molecule has 10 heavy (non-hydrogen) atoms. The second-order valence-electron chi connectivity index (χ2n) is 2.08. The van der Waals surface area contributed by atoms with Gasteiger partial charge in [-0.05, 0) is 6.42 Å². The SMILES string of the molecule is CCCCO[C@@H](C=O)CO. The molecule has 0 bridgehead atoms. The minimum atomic E-state index is -0.619. The van der Waals surface area contributed by atoms with Gasteiger partial charge >= 0.3 is 0 Å². The number of unbranched alkanes of at least 4 members (excludes halogenated alkanes) is 1. The van der Waals surface area contributed by atoms with Gasteiger partial charge in [-0.3, -0.25) is 0 Å². The van der Waals surface area contributed by atoms with Crippen LogP contribution < -0.4 is 0 Å². The van der Waals surface area contributed by atoms with Gasteiger partial charge in [-0.25, -0.2) is 0 Å². The van der Waals surface area contributed by atoms with Crippen LogP contribution in [0.5, 0.6) is 0 Å². The summed E-state index contributed by atoms with van der Waals surface area (Å²) in [7, 11) is 0. The second-order valence-corrected chi connectivity index (χ2v) is 2.08. The van der Waals surface area contributed by atoms with E-state index in [-0.39, 0.29) is 6.61 Å². The van der Waals surface area contributed by atoms with Gasteiger partial charge in [0.25, 0.3) is 0 Å². The molecule has 1 atom stereocenters. The number of rotatable bonds is 6. The van der Waals surface area contributed by atoms with Crippen molar-refractivity contribution in [3.8, 4) is 0 Å².